The lowest BCUT2D eigenvalue weighted by molar-refractivity contribution is 0.418. The summed E-state index contributed by atoms with van der Waals surface area (Å²) in [6.45, 7) is 2.04. The van der Waals surface area contributed by atoms with Crippen LogP contribution >= 0.6 is 0 Å². The van der Waals surface area contributed by atoms with Crippen molar-refractivity contribution < 1.29 is 0 Å². The number of pyridine rings is 1. The fourth-order valence-electron chi connectivity index (χ4n) is 2.99. The molecule has 1 aromatic carbocycles. The molecule has 0 bridgehead atoms. The van der Waals surface area contributed by atoms with Crippen LogP contribution in [0, 0.1) is 6.92 Å². The van der Waals surface area contributed by atoms with E-state index in [9.17, 15) is 0 Å². The van der Waals surface area contributed by atoms with E-state index in [1.807, 2.05) is 13.0 Å². The van der Waals surface area contributed by atoms with Gasteiger partial charge in [-0.3, -0.25) is 11.3 Å². The Balaban J connectivity index is 2.00. The average molecular weight is 254 g/mol. The van der Waals surface area contributed by atoms with Gasteiger partial charge in [0.15, 0.2) is 0 Å². The van der Waals surface area contributed by atoms with Gasteiger partial charge in [-0.25, -0.2) is 4.98 Å². The maximum Gasteiger partial charge on any atom is 0.128 e. The quantitative estimate of drug-likeness (QED) is 0.577. The van der Waals surface area contributed by atoms with Gasteiger partial charge in [-0.05, 0) is 36.1 Å². The highest BCUT2D eigenvalue weighted by Gasteiger charge is 2.34. The number of anilines is 1. The number of aromatic nitrogens is 1. The monoisotopic (exact) mass is 254 g/mol. The lowest BCUT2D eigenvalue weighted by Crippen LogP contribution is -2.38. The smallest absolute Gasteiger partial charge is 0.128 e. The molecule has 0 spiro atoms. The molecule has 19 heavy (non-hydrogen) atoms. The van der Waals surface area contributed by atoms with Crippen molar-refractivity contribution in [2.24, 2.45) is 5.84 Å². The predicted octanol–water partition coefficient (Wildman–Crippen LogP) is 1.82. The summed E-state index contributed by atoms with van der Waals surface area (Å²) in [5.74, 6) is 6.71. The molecule has 98 valence electrons. The Kier molecular flexibility index (Phi) is 2.97. The van der Waals surface area contributed by atoms with Crippen LogP contribution in [-0.2, 0) is 6.42 Å². The largest absolute Gasteiger partial charge is 0.383 e. The highest BCUT2D eigenvalue weighted by molar-refractivity contribution is 5.50. The minimum Gasteiger partial charge on any atom is -0.383 e. The van der Waals surface area contributed by atoms with Crippen LogP contribution in [0.5, 0.6) is 0 Å². The molecule has 2 aromatic rings. The maximum atomic E-state index is 6.03. The molecule has 4 heteroatoms. The van der Waals surface area contributed by atoms with E-state index in [2.05, 4.69) is 34.7 Å². The van der Waals surface area contributed by atoms with E-state index in [-0.39, 0.29) is 6.04 Å². The minimum absolute atomic E-state index is 0.0172. The first-order chi connectivity index (χ1) is 9.22. The van der Waals surface area contributed by atoms with Crippen LogP contribution in [0.2, 0.25) is 0 Å². The highest BCUT2D eigenvalue weighted by Crippen LogP contribution is 2.44. The van der Waals surface area contributed by atoms with Crippen LogP contribution < -0.4 is 17.0 Å². The third-order valence-corrected chi connectivity index (χ3v) is 4.03. The average Bonchev–Trinajstić information content (AvgIpc) is 2.38. The van der Waals surface area contributed by atoms with Gasteiger partial charge in [0.1, 0.15) is 5.82 Å². The number of benzene rings is 1. The van der Waals surface area contributed by atoms with Crippen molar-refractivity contribution in [3.8, 4) is 0 Å². The number of rotatable bonds is 3. The molecule has 5 N–H and O–H groups in total. The van der Waals surface area contributed by atoms with E-state index < -0.39 is 0 Å². The van der Waals surface area contributed by atoms with Crippen LogP contribution in [-0.4, -0.2) is 4.98 Å². The molecule has 0 fully saturated rings. The van der Waals surface area contributed by atoms with E-state index in [0.29, 0.717) is 11.7 Å². The maximum absolute atomic E-state index is 6.03. The number of hydrogen-bond donors (Lipinski definition) is 3. The molecule has 0 radical (unpaired) electrons. The van der Waals surface area contributed by atoms with E-state index in [1.54, 1.807) is 6.20 Å². The zero-order chi connectivity index (χ0) is 13.4. The lowest BCUT2D eigenvalue weighted by atomic mass is 9.71. The summed E-state index contributed by atoms with van der Waals surface area (Å²) in [4.78, 5) is 4.19. The number of nitrogens with two attached hydrogens (primary N) is 2. The Morgan fingerprint density at radius 3 is 2.79 bits per heavy atom. The third kappa shape index (κ3) is 1.89. The number of fused-ring (bicyclic) bond motifs is 1. The van der Waals surface area contributed by atoms with Gasteiger partial charge in [-0.15, -0.1) is 0 Å². The number of hydrazine groups is 1. The van der Waals surface area contributed by atoms with E-state index in [1.165, 1.54) is 11.1 Å². The molecular formula is C15H18N4. The highest BCUT2D eigenvalue weighted by atomic mass is 15.2. The van der Waals surface area contributed by atoms with Crippen LogP contribution in [0.4, 0.5) is 5.82 Å². The summed E-state index contributed by atoms with van der Waals surface area (Å²) in [5, 5.41) is 0. The fraction of sp³-hybridized carbons (Fsp3) is 0.267. The van der Waals surface area contributed by atoms with E-state index >= 15 is 0 Å². The predicted molar refractivity (Wildman–Crippen MR) is 76.3 cm³/mol. The molecular weight excluding hydrogens is 236 g/mol. The summed E-state index contributed by atoms with van der Waals surface area (Å²) in [6, 6.07) is 10.5. The Labute approximate surface area is 112 Å². The Bertz CT molecular complexity index is 589. The zero-order valence-electron chi connectivity index (χ0n) is 10.9. The minimum atomic E-state index is 0.0172. The molecule has 0 saturated carbocycles. The summed E-state index contributed by atoms with van der Waals surface area (Å²) in [6.07, 6.45) is 2.76. The topological polar surface area (TPSA) is 77.0 Å². The fourth-order valence-corrected chi connectivity index (χ4v) is 2.99. The van der Waals surface area contributed by atoms with E-state index in [0.717, 1.165) is 17.5 Å². The van der Waals surface area contributed by atoms with Crippen molar-refractivity contribution in [3.63, 3.8) is 0 Å². The lowest BCUT2D eigenvalue weighted by Gasteiger charge is -2.37. The van der Waals surface area contributed by atoms with Gasteiger partial charge in [0.25, 0.3) is 0 Å². The molecule has 0 saturated heterocycles. The van der Waals surface area contributed by atoms with Crippen LogP contribution in [0.25, 0.3) is 0 Å². The second-order valence-corrected chi connectivity index (χ2v) is 5.08. The molecule has 3 rings (SSSR count). The van der Waals surface area contributed by atoms with Gasteiger partial charge in [-0.1, -0.05) is 24.3 Å². The molecule has 4 nitrogen and oxygen atoms in total. The molecule has 1 aromatic heterocycles. The standard InChI is InChI=1S/C15H18N4/c1-9-6-7-18-15(16)13(9)14(19-17)12-8-10-4-2-3-5-11(10)12/h2-7,12,14,19H,8,17H2,1H3,(H2,16,18). The molecule has 0 amide bonds. The van der Waals surface area contributed by atoms with Crippen molar-refractivity contribution in [1.29, 1.82) is 0 Å². The number of aryl methyl sites for hydroxylation is 1. The molecule has 1 heterocycles. The van der Waals surface area contributed by atoms with Gasteiger partial charge in [0.05, 0.1) is 6.04 Å². The Morgan fingerprint density at radius 2 is 2.11 bits per heavy atom. The second-order valence-electron chi connectivity index (χ2n) is 5.08. The summed E-state index contributed by atoms with van der Waals surface area (Å²) >= 11 is 0. The van der Waals surface area contributed by atoms with Crippen LogP contribution in [0.3, 0.4) is 0 Å². The van der Waals surface area contributed by atoms with Crippen molar-refractivity contribution in [2.75, 3.05) is 5.73 Å². The summed E-state index contributed by atoms with van der Waals surface area (Å²) < 4.78 is 0. The molecule has 1 aliphatic rings. The number of hydrogen-bond acceptors (Lipinski definition) is 4. The Morgan fingerprint density at radius 1 is 1.32 bits per heavy atom. The van der Waals surface area contributed by atoms with Crippen LogP contribution in [0.15, 0.2) is 36.5 Å². The van der Waals surface area contributed by atoms with Crippen molar-refractivity contribution in [1.82, 2.24) is 10.4 Å². The normalized spacial score (nSPS) is 18.5. The first-order valence-electron chi connectivity index (χ1n) is 6.47. The Hall–Kier alpha value is -1.91. The van der Waals surface area contributed by atoms with Crippen molar-refractivity contribution in [3.05, 3.63) is 58.8 Å². The molecule has 0 aliphatic heterocycles. The first-order valence-corrected chi connectivity index (χ1v) is 6.47. The third-order valence-electron chi connectivity index (χ3n) is 4.03. The van der Waals surface area contributed by atoms with E-state index in [4.69, 9.17) is 11.6 Å². The second kappa shape index (κ2) is 4.64. The number of nitrogens with one attached hydrogen (secondary N) is 1. The molecule has 1 aliphatic carbocycles. The summed E-state index contributed by atoms with van der Waals surface area (Å²) in [5.41, 5.74) is 13.8. The van der Waals surface area contributed by atoms with Crippen molar-refractivity contribution in [2.45, 2.75) is 25.3 Å². The zero-order valence-corrected chi connectivity index (χ0v) is 10.9. The van der Waals surface area contributed by atoms with Crippen LogP contribution in [0.1, 0.15) is 34.2 Å². The summed E-state index contributed by atoms with van der Waals surface area (Å²) in [7, 11) is 0. The van der Waals surface area contributed by atoms with Gasteiger partial charge >= 0.3 is 0 Å². The number of nitrogen functional groups attached to an aromatic ring is 1. The molecule has 2 unspecified atom stereocenters. The molecule has 2 atom stereocenters. The van der Waals surface area contributed by atoms with Gasteiger partial charge in [0.2, 0.25) is 0 Å². The first kappa shape index (κ1) is 12.1. The van der Waals surface area contributed by atoms with Gasteiger partial charge in [-0.2, -0.15) is 0 Å². The number of nitrogens with zero attached hydrogens (tertiary/aromatic N) is 1. The van der Waals surface area contributed by atoms with Crippen molar-refractivity contribution >= 4 is 5.82 Å². The van der Waals surface area contributed by atoms with Gasteiger partial charge in [0, 0.05) is 17.7 Å². The SMILES string of the molecule is Cc1ccnc(N)c1C(NN)C1Cc2ccccc21. The van der Waals surface area contributed by atoms with Gasteiger partial charge < -0.3 is 5.73 Å².